The number of nitrogens with zero attached hydrogens (tertiary/aromatic N) is 1. The maximum absolute atomic E-state index is 12.2. The van der Waals surface area contributed by atoms with Crippen LogP contribution in [-0.4, -0.2) is 35.8 Å². The molecule has 19 heavy (non-hydrogen) atoms. The Hall–Kier alpha value is -1.75. The molecule has 102 valence electrons. The second kappa shape index (κ2) is 4.42. The Balaban J connectivity index is 1.85. The van der Waals surface area contributed by atoms with Crippen molar-refractivity contribution in [3.63, 3.8) is 0 Å². The summed E-state index contributed by atoms with van der Waals surface area (Å²) in [5.74, 6) is -0.240. The molecule has 2 saturated heterocycles. The summed E-state index contributed by atoms with van der Waals surface area (Å²) in [6.07, 6.45) is 2.61. The Morgan fingerprint density at radius 3 is 2.58 bits per heavy atom. The van der Waals surface area contributed by atoms with E-state index in [0.717, 1.165) is 25.9 Å². The molecule has 0 aliphatic carbocycles. The Morgan fingerprint density at radius 2 is 1.89 bits per heavy atom. The molecule has 0 aromatic heterocycles. The third-order valence-corrected chi connectivity index (χ3v) is 4.26. The summed E-state index contributed by atoms with van der Waals surface area (Å²) >= 11 is 0. The van der Waals surface area contributed by atoms with Gasteiger partial charge >= 0.3 is 0 Å². The molecule has 2 aliphatic rings. The SMILES string of the molecule is O=C1CC2(CCNCC2)CN1c1ccc(O)c(O)c1. The maximum atomic E-state index is 12.2. The Kier molecular flexibility index (Phi) is 2.86. The summed E-state index contributed by atoms with van der Waals surface area (Å²) in [5, 5.41) is 22.2. The third-order valence-electron chi connectivity index (χ3n) is 4.26. The molecule has 1 aromatic carbocycles. The molecular formula is C14H18N2O3. The fourth-order valence-electron chi connectivity index (χ4n) is 3.10. The first kappa shape index (κ1) is 12.3. The predicted molar refractivity (Wildman–Crippen MR) is 71.3 cm³/mol. The number of carbonyl (C=O) groups excluding carboxylic acids is 1. The molecule has 0 saturated carbocycles. The van der Waals surface area contributed by atoms with Gasteiger partial charge in [0.15, 0.2) is 11.5 Å². The fourth-order valence-corrected chi connectivity index (χ4v) is 3.10. The number of amides is 1. The summed E-state index contributed by atoms with van der Waals surface area (Å²) in [5.41, 5.74) is 0.742. The molecule has 3 rings (SSSR count). The monoisotopic (exact) mass is 262 g/mol. The van der Waals surface area contributed by atoms with Gasteiger partial charge in [-0.3, -0.25) is 4.79 Å². The van der Waals surface area contributed by atoms with Crippen LogP contribution >= 0.6 is 0 Å². The van der Waals surface area contributed by atoms with Gasteiger partial charge in [-0.1, -0.05) is 0 Å². The number of rotatable bonds is 1. The molecule has 0 atom stereocenters. The molecule has 2 fully saturated rings. The lowest BCUT2D eigenvalue weighted by molar-refractivity contribution is -0.117. The highest BCUT2D eigenvalue weighted by Crippen LogP contribution is 2.42. The van der Waals surface area contributed by atoms with E-state index in [1.54, 1.807) is 11.0 Å². The fraction of sp³-hybridized carbons (Fsp3) is 0.500. The minimum atomic E-state index is -0.184. The number of nitrogens with one attached hydrogen (secondary N) is 1. The standard InChI is InChI=1S/C14H18N2O3/c17-11-2-1-10(7-12(11)18)16-9-14(8-13(16)19)3-5-15-6-4-14/h1-2,7,15,17-18H,3-6,8-9H2. The van der Waals surface area contributed by atoms with Crippen LogP contribution in [0, 0.1) is 5.41 Å². The number of carbonyl (C=O) groups is 1. The molecule has 2 heterocycles. The van der Waals surface area contributed by atoms with Crippen molar-refractivity contribution in [1.82, 2.24) is 5.32 Å². The minimum absolute atomic E-state index is 0.0792. The Morgan fingerprint density at radius 1 is 1.16 bits per heavy atom. The zero-order chi connectivity index (χ0) is 13.5. The molecular weight excluding hydrogens is 244 g/mol. The van der Waals surface area contributed by atoms with E-state index in [1.807, 2.05) is 0 Å². The number of hydrogen-bond acceptors (Lipinski definition) is 4. The van der Waals surface area contributed by atoms with Crippen LogP contribution in [0.2, 0.25) is 0 Å². The summed E-state index contributed by atoms with van der Waals surface area (Å²) in [6.45, 7) is 2.63. The van der Waals surface area contributed by atoms with Crippen molar-refractivity contribution in [3.8, 4) is 11.5 Å². The summed E-state index contributed by atoms with van der Waals surface area (Å²) < 4.78 is 0. The Labute approximate surface area is 111 Å². The van der Waals surface area contributed by atoms with Gasteiger partial charge in [-0.05, 0) is 43.5 Å². The average Bonchev–Trinajstić information content (AvgIpc) is 2.70. The normalized spacial score (nSPS) is 22.1. The van der Waals surface area contributed by atoms with E-state index >= 15 is 0 Å². The lowest BCUT2D eigenvalue weighted by atomic mass is 9.78. The second-order valence-corrected chi connectivity index (χ2v) is 5.58. The van der Waals surface area contributed by atoms with Gasteiger partial charge in [-0.2, -0.15) is 0 Å². The second-order valence-electron chi connectivity index (χ2n) is 5.58. The smallest absolute Gasteiger partial charge is 0.227 e. The van der Waals surface area contributed by atoms with E-state index in [9.17, 15) is 15.0 Å². The van der Waals surface area contributed by atoms with Crippen LogP contribution in [0.3, 0.4) is 0 Å². The molecule has 0 unspecified atom stereocenters. The van der Waals surface area contributed by atoms with Crippen LogP contribution in [-0.2, 0) is 4.79 Å². The van der Waals surface area contributed by atoms with Crippen molar-refractivity contribution in [3.05, 3.63) is 18.2 Å². The Bertz CT molecular complexity index is 509. The number of phenolic OH excluding ortho intramolecular Hbond substituents is 2. The lowest BCUT2D eigenvalue weighted by Gasteiger charge is -2.33. The number of anilines is 1. The van der Waals surface area contributed by atoms with Gasteiger partial charge in [-0.25, -0.2) is 0 Å². The van der Waals surface area contributed by atoms with Crippen molar-refractivity contribution in [2.24, 2.45) is 5.41 Å². The van der Waals surface area contributed by atoms with E-state index in [2.05, 4.69) is 5.32 Å². The van der Waals surface area contributed by atoms with Crippen molar-refractivity contribution in [2.75, 3.05) is 24.5 Å². The van der Waals surface area contributed by atoms with Gasteiger partial charge < -0.3 is 20.4 Å². The van der Waals surface area contributed by atoms with Crippen LogP contribution < -0.4 is 10.2 Å². The first-order chi connectivity index (χ1) is 9.10. The highest BCUT2D eigenvalue weighted by Gasteiger charge is 2.44. The van der Waals surface area contributed by atoms with Crippen LogP contribution in [0.4, 0.5) is 5.69 Å². The van der Waals surface area contributed by atoms with Gasteiger partial charge in [-0.15, -0.1) is 0 Å². The van der Waals surface area contributed by atoms with Crippen molar-refractivity contribution >= 4 is 11.6 Å². The van der Waals surface area contributed by atoms with E-state index in [-0.39, 0.29) is 22.8 Å². The van der Waals surface area contributed by atoms with E-state index < -0.39 is 0 Å². The van der Waals surface area contributed by atoms with Crippen LogP contribution in [0.15, 0.2) is 18.2 Å². The van der Waals surface area contributed by atoms with Gasteiger partial charge in [0.25, 0.3) is 0 Å². The lowest BCUT2D eigenvalue weighted by Crippen LogP contribution is -2.38. The molecule has 1 spiro atoms. The van der Waals surface area contributed by atoms with Crippen molar-refractivity contribution < 1.29 is 15.0 Å². The zero-order valence-electron chi connectivity index (χ0n) is 10.7. The van der Waals surface area contributed by atoms with Crippen molar-refractivity contribution in [1.29, 1.82) is 0 Å². The van der Waals surface area contributed by atoms with E-state index in [4.69, 9.17) is 0 Å². The van der Waals surface area contributed by atoms with Gasteiger partial charge in [0.2, 0.25) is 5.91 Å². The number of aromatic hydroxyl groups is 2. The van der Waals surface area contributed by atoms with Gasteiger partial charge in [0, 0.05) is 24.7 Å². The van der Waals surface area contributed by atoms with Gasteiger partial charge in [0.1, 0.15) is 0 Å². The molecule has 5 heteroatoms. The molecule has 2 aliphatic heterocycles. The number of benzene rings is 1. The summed E-state index contributed by atoms with van der Waals surface area (Å²) in [4.78, 5) is 13.9. The molecule has 3 N–H and O–H groups in total. The quantitative estimate of drug-likeness (QED) is 0.665. The third kappa shape index (κ3) is 2.14. The number of hydrogen-bond donors (Lipinski definition) is 3. The van der Waals surface area contributed by atoms with Gasteiger partial charge in [0.05, 0.1) is 0 Å². The van der Waals surface area contributed by atoms with Crippen LogP contribution in [0.1, 0.15) is 19.3 Å². The molecule has 0 radical (unpaired) electrons. The molecule has 1 aromatic rings. The van der Waals surface area contributed by atoms with Crippen molar-refractivity contribution in [2.45, 2.75) is 19.3 Å². The van der Waals surface area contributed by atoms with Crippen LogP contribution in [0.25, 0.3) is 0 Å². The average molecular weight is 262 g/mol. The molecule has 0 bridgehead atoms. The zero-order valence-corrected chi connectivity index (χ0v) is 10.7. The van der Waals surface area contributed by atoms with Crippen LogP contribution in [0.5, 0.6) is 11.5 Å². The topological polar surface area (TPSA) is 72.8 Å². The molecule has 1 amide bonds. The highest BCUT2D eigenvalue weighted by atomic mass is 16.3. The molecule has 5 nitrogen and oxygen atoms in total. The van der Waals surface area contributed by atoms with E-state index in [0.29, 0.717) is 18.7 Å². The predicted octanol–water partition coefficient (Wildman–Crippen LogP) is 1.20. The number of piperidine rings is 1. The largest absolute Gasteiger partial charge is 0.504 e. The number of phenols is 2. The first-order valence-corrected chi connectivity index (χ1v) is 6.63. The first-order valence-electron chi connectivity index (χ1n) is 6.63. The maximum Gasteiger partial charge on any atom is 0.227 e. The highest BCUT2D eigenvalue weighted by molar-refractivity contribution is 5.96. The van der Waals surface area contributed by atoms with E-state index in [1.165, 1.54) is 12.1 Å². The summed E-state index contributed by atoms with van der Waals surface area (Å²) in [7, 11) is 0. The minimum Gasteiger partial charge on any atom is -0.504 e. The summed E-state index contributed by atoms with van der Waals surface area (Å²) in [6, 6.07) is 4.55.